The molecule has 26 heavy (non-hydrogen) atoms. The van der Waals surface area contributed by atoms with E-state index in [0.29, 0.717) is 31.5 Å². The van der Waals surface area contributed by atoms with Crippen LogP contribution in [0.25, 0.3) is 0 Å². The molecule has 0 radical (unpaired) electrons. The number of hydrogen-bond donors (Lipinski definition) is 0. The number of amides is 2. The van der Waals surface area contributed by atoms with E-state index in [-0.39, 0.29) is 11.8 Å². The molecule has 1 saturated heterocycles. The first kappa shape index (κ1) is 19.9. The van der Waals surface area contributed by atoms with Crippen molar-refractivity contribution in [3.05, 3.63) is 35.4 Å². The Kier molecular flexibility index (Phi) is 7.61. The van der Waals surface area contributed by atoms with Crippen molar-refractivity contribution >= 4 is 11.8 Å². The fourth-order valence-corrected chi connectivity index (χ4v) is 3.03. The highest BCUT2D eigenvalue weighted by atomic mass is 16.2. The van der Waals surface area contributed by atoms with Gasteiger partial charge in [-0.2, -0.15) is 5.26 Å². The summed E-state index contributed by atoms with van der Waals surface area (Å²) in [5, 5.41) is 8.71. The molecule has 0 bridgehead atoms. The summed E-state index contributed by atoms with van der Waals surface area (Å²) in [7, 11) is 1.85. The molecule has 0 aromatic heterocycles. The number of carbonyl (C=O) groups excluding carboxylic acids is 2. The molecule has 2 rings (SSSR count). The normalized spacial score (nSPS) is 14.7. The quantitative estimate of drug-likeness (QED) is 0.747. The Bertz CT molecular complexity index is 643. The van der Waals surface area contributed by atoms with E-state index in [1.165, 1.54) is 0 Å². The van der Waals surface area contributed by atoms with Gasteiger partial charge in [-0.3, -0.25) is 14.5 Å². The van der Waals surface area contributed by atoms with Crippen molar-refractivity contribution in [1.29, 1.82) is 5.26 Å². The van der Waals surface area contributed by atoms with Crippen LogP contribution in [0.2, 0.25) is 0 Å². The Labute approximate surface area is 156 Å². The third-order valence-electron chi connectivity index (χ3n) is 4.78. The van der Waals surface area contributed by atoms with Crippen LogP contribution in [0.1, 0.15) is 35.7 Å². The number of nitrogens with zero attached hydrogens (tertiary/aromatic N) is 4. The maximum Gasteiger partial charge on any atom is 0.253 e. The van der Waals surface area contributed by atoms with Crippen LogP contribution in [-0.2, 0) is 11.2 Å². The van der Waals surface area contributed by atoms with Crippen LogP contribution < -0.4 is 0 Å². The monoisotopic (exact) mass is 356 g/mol. The molecule has 1 aromatic carbocycles. The summed E-state index contributed by atoms with van der Waals surface area (Å²) < 4.78 is 0. The van der Waals surface area contributed by atoms with E-state index in [1.807, 2.05) is 31.0 Å². The highest BCUT2D eigenvalue weighted by Crippen LogP contribution is 2.11. The lowest BCUT2D eigenvalue weighted by Gasteiger charge is -2.35. The Hall–Kier alpha value is -2.39. The summed E-state index contributed by atoms with van der Waals surface area (Å²) in [6.45, 7) is 6.64. The van der Waals surface area contributed by atoms with E-state index >= 15 is 0 Å². The van der Waals surface area contributed by atoms with Crippen LogP contribution in [0.3, 0.4) is 0 Å². The van der Waals surface area contributed by atoms with Gasteiger partial charge in [0, 0.05) is 58.3 Å². The third kappa shape index (κ3) is 5.57. The van der Waals surface area contributed by atoms with Gasteiger partial charge in [0.25, 0.3) is 5.91 Å². The second kappa shape index (κ2) is 9.93. The summed E-state index contributed by atoms with van der Waals surface area (Å²) in [6.07, 6.45) is 1.84. The molecule has 0 spiro atoms. The minimum absolute atomic E-state index is 0.0448. The van der Waals surface area contributed by atoms with Gasteiger partial charge in [0.2, 0.25) is 5.91 Å². The molecule has 0 saturated carbocycles. The Morgan fingerprint density at radius 1 is 1.15 bits per heavy atom. The smallest absolute Gasteiger partial charge is 0.253 e. The van der Waals surface area contributed by atoms with Gasteiger partial charge in [-0.1, -0.05) is 19.1 Å². The van der Waals surface area contributed by atoms with Crippen molar-refractivity contribution in [2.75, 3.05) is 46.3 Å². The second-order valence-corrected chi connectivity index (χ2v) is 6.73. The zero-order valence-corrected chi connectivity index (χ0v) is 15.8. The number of piperazine rings is 1. The second-order valence-electron chi connectivity index (χ2n) is 6.73. The average Bonchev–Trinajstić information content (AvgIpc) is 2.67. The standard InChI is InChI=1S/C20H28N4O2/c1-3-4-19(25)22(2)11-12-23-13-15-24(16-14-23)20(26)18-7-5-17(6-8-18)9-10-21/h5-8H,3-4,9,11-16H2,1-2H3. The summed E-state index contributed by atoms with van der Waals surface area (Å²) in [5.74, 6) is 0.240. The summed E-state index contributed by atoms with van der Waals surface area (Å²) in [6, 6.07) is 9.40. The number of rotatable bonds is 7. The highest BCUT2D eigenvalue weighted by Gasteiger charge is 2.22. The summed E-state index contributed by atoms with van der Waals surface area (Å²) >= 11 is 0. The van der Waals surface area contributed by atoms with Crippen LogP contribution in [0.4, 0.5) is 0 Å². The van der Waals surface area contributed by atoms with Gasteiger partial charge >= 0.3 is 0 Å². The lowest BCUT2D eigenvalue weighted by molar-refractivity contribution is -0.130. The molecule has 1 aromatic rings. The average molecular weight is 356 g/mol. The van der Waals surface area contributed by atoms with E-state index in [2.05, 4.69) is 11.0 Å². The van der Waals surface area contributed by atoms with Crippen LogP contribution in [0, 0.1) is 11.3 Å². The number of benzene rings is 1. The molecule has 6 heteroatoms. The largest absolute Gasteiger partial charge is 0.344 e. The van der Waals surface area contributed by atoms with Gasteiger partial charge in [-0.25, -0.2) is 0 Å². The first-order valence-corrected chi connectivity index (χ1v) is 9.26. The molecule has 0 atom stereocenters. The molecular formula is C20H28N4O2. The molecule has 1 heterocycles. The lowest BCUT2D eigenvalue weighted by Crippen LogP contribution is -2.50. The van der Waals surface area contributed by atoms with Crippen molar-refractivity contribution in [1.82, 2.24) is 14.7 Å². The highest BCUT2D eigenvalue weighted by molar-refractivity contribution is 5.94. The molecular weight excluding hydrogens is 328 g/mol. The minimum Gasteiger partial charge on any atom is -0.344 e. The number of hydrogen-bond acceptors (Lipinski definition) is 4. The SMILES string of the molecule is CCCC(=O)N(C)CCN1CCN(C(=O)c2ccc(CC#N)cc2)CC1. The van der Waals surface area contributed by atoms with E-state index in [4.69, 9.17) is 5.26 Å². The number of likely N-dealkylation sites (N-methyl/N-ethyl adjacent to an activating group) is 1. The molecule has 0 N–H and O–H groups in total. The predicted octanol–water partition coefficient (Wildman–Crippen LogP) is 1.77. The molecule has 0 unspecified atom stereocenters. The first-order chi connectivity index (χ1) is 12.5. The van der Waals surface area contributed by atoms with Crippen LogP contribution >= 0.6 is 0 Å². The Morgan fingerprint density at radius 3 is 2.38 bits per heavy atom. The van der Waals surface area contributed by atoms with Crippen molar-refractivity contribution in [3.8, 4) is 6.07 Å². The van der Waals surface area contributed by atoms with Crippen LogP contribution in [-0.4, -0.2) is 72.8 Å². The fraction of sp³-hybridized carbons (Fsp3) is 0.550. The molecule has 140 valence electrons. The molecule has 0 aliphatic carbocycles. The van der Waals surface area contributed by atoms with Crippen LogP contribution in [0.5, 0.6) is 0 Å². The number of nitriles is 1. The van der Waals surface area contributed by atoms with Crippen LogP contribution in [0.15, 0.2) is 24.3 Å². The summed E-state index contributed by atoms with van der Waals surface area (Å²) in [4.78, 5) is 30.4. The summed E-state index contributed by atoms with van der Waals surface area (Å²) in [5.41, 5.74) is 1.60. The van der Waals surface area contributed by atoms with Gasteiger partial charge in [0.1, 0.15) is 0 Å². The fourth-order valence-electron chi connectivity index (χ4n) is 3.03. The van der Waals surface area contributed by atoms with E-state index in [0.717, 1.165) is 38.2 Å². The van der Waals surface area contributed by atoms with E-state index in [1.54, 1.807) is 17.0 Å². The van der Waals surface area contributed by atoms with E-state index in [9.17, 15) is 9.59 Å². The van der Waals surface area contributed by atoms with Gasteiger partial charge < -0.3 is 9.80 Å². The molecule has 1 aliphatic rings. The molecule has 6 nitrogen and oxygen atoms in total. The maximum absolute atomic E-state index is 12.6. The zero-order valence-electron chi connectivity index (χ0n) is 15.8. The van der Waals surface area contributed by atoms with Crippen molar-refractivity contribution in [2.24, 2.45) is 0 Å². The third-order valence-corrected chi connectivity index (χ3v) is 4.78. The van der Waals surface area contributed by atoms with Gasteiger partial charge in [0.05, 0.1) is 12.5 Å². The predicted molar refractivity (Wildman–Crippen MR) is 101 cm³/mol. The number of carbonyl (C=O) groups is 2. The molecule has 1 fully saturated rings. The maximum atomic E-state index is 12.6. The Morgan fingerprint density at radius 2 is 1.81 bits per heavy atom. The molecule has 2 amide bonds. The van der Waals surface area contributed by atoms with Crippen molar-refractivity contribution in [3.63, 3.8) is 0 Å². The molecule has 1 aliphatic heterocycles. The van der Waals surface area contributed by atoms with Gasteiger partial charge in [-0.05, 0) is 24.1 Å². The lowest BCUT2D eigenvalue weighted by atomic mass is 10.1. The van der Waals surface area contributed by atoms with Crippen molar-refractivity contribution < 1.29 is 9.59 Å². The van der Waals surface area contributed by atoms with Crippen molar-refractivity contribution in [2.45, 2.75) is 26.2 Å². The first-order valence-electron chi connectivity index (χ1n) is 9.26. The topological polar surface area (TPSA) is 67.7 Å². The van der Waals surface area contributed by atoms with Gasteiger partial charge in [-0.15, -0.1) is 0 Å². The Balaban J connectivity index is 1.78. The van der Waals surface area contributed by atoms with E-state index < -0.39 is 0 Å². The minimum atomic E-state index is 0.0448. The zero-order chi connectivity index (χ0) is 18.9. The van der Waals surface area contributed by atoms with Gasteiger partial charge in [0.15, 0.2) is 0 Å².